The van der Waals surface area contributed by atoms with Crippen LogP contribution in [0, 0.1) is 0 Å². The van der Waals surface area contributed by atoms with Gasteiger partial charge in [-0.2, -0.15) is 0 Å². The SMILES string of the molecule is CCNCc1cc(Br)c(OCC(=O)OC(C)C)c(Br)c1. The molecule has 6 heteroatoms. The van der Waals surface area contributed by atoms with E-state index < -0.39 is 0 Å². The average molecular weight is 409 g/mol. The molecule has 1 N–H and O–H groups in total. The topological polar surface area (TPSA) is 47.6 Å². The Morgan fingerprint density at radius 2 is 1.90 bits per heavy atom. The van der Waals surface area contributed by atoms with Gasteiger partial charge in [-0.25, -0.2) is 4.79 Å². The smallest absolute Gasteiger partial charge is 0.344 e. The predicted octanol–water partition coefficient (Wildman–Crippen LogP) is 3.65. The van der Waals surface area contributed by atoms with E-state index in [9.17, 15) is 4.79 Å². The number of halogens is 2. The van der Waals surface area contributed by atoms with E-state index in [2.05, 4.69) is 44.1 Å². The lowest BCUT2D eigenvalue weighted by Gasteiger charge is -2.13. The maximum atomic E-state index is 11.5. The highest BCUT2D eigenvalue weighted by Crippen LogP contribution is 2.34. The summed E-state index contributed by atoms with van der Waals surface area (Å²) in [6.45, 7) is 7.25. The van der Waals surface area contributed by atoms with Crippen LogP contribution < -0.4 is 10.1 Å². The van der Waals surface area contributed by atoms with Crippen LogP contribution in [0.4, 0.5) is 0 Å². The minimum Gasteiger partial charge on any atom is -0.480 e. The second-order valence-corrected chi connectivity index (χ2v) is 6.20. The minimum absolute atomic E-state index is 0.109. The van der Waals surface area contributed by atoms with Crippen molar-refractivity contribution in [1.29, 1.82) is 0 Å². The van der Waals surface area contributed by atoms with Gasteiger partial charge in [0.1, 0.15) is 5.75 Å². The zero-order valence-electron chi connectivity index (χ0n) is 11.8. The molecule has 0 aliphatic heterocycles. The van der Waals surface area contributed by atoms with Gasteiger partial charge in [0.2, 0.25) is 0 Å². The first-order valence-corrected chi connectivity index (χ1v) is 8.03. The van der Waals surface area contributed by atoms with Crippen molar-refractivity contribution in [2.45, 2.75) is 33.4 Å². The normalized spacial score (nSPS) is 10.7. The molecule has 0 heterocycles. The van der Waals surface area contributed by atoms with Crippen LogP contribution in [0.5, 0.6) is 5.75 Å². The Morgan fingerprint density at radius 3 is 2.40 bits per heavy atom. The number of carbonyl (C=O) groups is 1. The third kappa shape index (κ3) is 5.81. The van der Waals surface area contributed by atoms with Crippen LogP contribution in [0.2, 0.25) is 0 Å². The molecule has 4 nitrogen and oxygen atoms in total. The number of rotatable bonds is 7. The summed E-state index contributed by atoms with van der Waals surface area (Å²) in [5.74, 6) is 0.224. The molecule has 0 aliphatic rings. The van der Waals surface area contributed by atoms with E-state index >= 15 is 0 Å². The van der Waals surface area contributed by atoms with E-state index in [4.69, 9.17) is 9.47 Å². The molecule has 0 radical (unpaired) electrons. The quantitative estimate of drug-likeness (QED) is 0.699. The number of hydrogen-bond acceptors (Lipinski definition) is 4. The number of carbonyl (C=O) groups excluding carboxylic acids is 1. The number of hydrogen-bond donors (Lipinski definition) is 1. The van der Waals surface area contributed by atoms with Gasteiger partial charge in [0.15, 0.2) is 6.61 Å². The zero-order valence-corrected chi connectivity index (χ0v) is 15.0. The standard InChI is InChI=1S/C14H19Br2NO3/c1-4-17-7-10-5-11(15)14(12(16)6-10)19-8-13(18)20-9(2)3/h5-6,9,17H,4,7-8H2,1-3H3. The van der Waals surface area contributed by atoms with Crippen LogP contribution in [0.25, 0.3) is 0 Å². The van der Waals surface area contributed by atoms with Crippen molar-refractivity contribution in [2.75, 3.05) is 13.2 Å². The number of ether oxygens (including phenoxy) is 2. The molecule has 0 atom stereocenters. The molecule has 0 amide bonds. The first kappa shape index (κ1) is 17.5. The van der Waals surface area contributed by atoms with Crippen LogP contribution in [-0.2, 0) is 16.1 Å². The van der Waals surface area contributed by atoms with Gasteiger partial charge < -0.3 is 14.8 Å². The van der Waals surface area contributed by atoms with E-state index in [1.807, 2.05) is 12.1 Å². The van der Waals surface area contributed by atoms with Crippen LogP contribution in [0.1, 0.15) is 26.3 Å². The lowest BCUT2D eigenvalue weighted by molar-refractivity contribution is -0.149. The van der Waals surface area contributed by atoms with Crippen molar-refractivity contribution >= 4 is 37.8 Å². The monoisotopic (exact) mass is 407 g/mol. The summed E-state index contributed by atoms with van der Waals surface area (Å²) in [4.78, 5) is 11.5. The minimum atomic E-state index is -0.379. The molecule has 0 saturated heterocycles. The summed E-state index contributed by atoms with van der Waals surface area (Å²) >= 11 is 6.91. The highest BCUT2D eigenvalue weighted by Gasteiger charge is 2.12. The molecule has 112 valence electrons. The van der Waals surface area contributed by atoms with Gasteiger partial charge in [-0.3, -0.25) is 0 Å². The molecule has 0 fully saturated rings. The zero-order chi connectivity index (χ0) is 15.1. The van der Waals surface area contributed by atoms with Crippen molar-refractivity contribution in [2.24, 2.45) is 0 Å². The van der Waals surface area contributed by atoms with Gasteiger partial charge >= 0.3 is 5.97 Å². The Hall–Kier alpha value is -0.590. The average Bonchev–Trinajstić information content (AvgIpc) is 2.34. The van der Waals surface area contributed by atoms with Gasteiger partial charge in [-0.05, 0) is 69.9 Å². The van der Waals surface area contributed by atoms with E-state index in [-0.39, 0.29) is 18.7 Å². The first-order chi connectivity index (χ1) is 9.43. The Balaban J connectivity index is 2.69. The fourth-order valence-corrected chi connectivity index (χ4v) is 3.06. The van der Waals surface area contributed by atoms with Crippen LogP contribution in [0.3, 0.4) is 0 Å². The molecule has 1 aromatic carbocycles. The molecule has 0 aromatic heterocycles. The second kappa shape index (κ2) is 8.64. The van der Waals surface area contributed by atoms with Crippen LogP contribution in [0.15, 0.2) is 21.1 Å². The van der Waals surface area contributed by atoms with Gasteiger partial charge in [0.25, 0.3) is 0 Å². The Labute approximate surface area is 136 Å². The third-order valence-corrected chi connectivity index (χ3v) is 3.52. The molecule has 0 spiro atoms. The summed E-state index contributed by atoms with van der Waals surface area (Å²) in [7, 11) is 0. The predicted molar refractivity (Wildman–Crippen MR) is 85.9 cm³/mol. The largest absolute Gasteiger partial charge is 0.480 e. The Kier molecular flexibility index (Phi) is 7.55. The third-order valence-electron chi connectivity index (χ3n) is 2.34. The van der Waals surface area contributed by atoms with Crippen molar-refractivity contribution in [3.8, 4) is 5.75 Å². The van der Waals surface area contributed by atoms with Gasteiger partial charge in [0.05, 0.1) is 15.0 Å². The number of nitrogens with one attached hydrogen (secondary N) is 1. The van der Waals surface area contributed by atoms with Crippen molar-refractivity contribution < 1.29 is 14.3 Å². The van der Waals surface area contributed by atoms with Crippen molar-refractivity contribution in [3.63, 3.8) is 0 Å². The maximum Gasteiger partial charge on any atom is 0.344 e. The van der Waals surface area contributed by atoms with Gasteiger partial charge in [-0.15, -0.1) is 0 Å². The molecule has 0 aliphatic carbocycles. The lowest BCUT2D eigenvalue weighted by atomic mass is 10.2. The Morgan fingerprint density at radius 1 is 1.30 bits per heavy atom. The summed E-state index contributed by atoms with van der Waals surface area (Å²) in [6, 6.07) is 3.94. The van der Waals surface area contributed by atoms with Gasteiger partial charge in [-0.1, -0.05) is 6.92 Å². The molecule has 20 heavy (non-hydrogen) atoms. The van der Waals surface area contributed by atoms with Crippen molar-refractivity contribution in [1.82, 2.24) is 5.32 Å². The number of benzene rings is 1. The summed E-state index contributed by atoms with van der Waals surface area (Å²) < 4.78 is 12.1. The fourth-order valence-electron chi connectivity index (χ4n) is 1.55. The molecular formula is C14H19Br2NO3. The summed E-state index contributed by atoms with van der Waals surface area (Å²) in [5, 5.41) is 3.25. The highest BCUT2D eigenvalue weighted by atomic mass is 79.9. The molecule has 1 rings (SSSR count). The molecule has 0 saturated carbocycles. The van der Waals surface area contributed by atoms with E-state index in [1.54, 1.807) is 13.8 Å². The molecule has 0 unspecified atom stereocenters. The lowest BCUT2D eigenvalue weighted by Crippen LogP contribution is -2.19. The fraction of sp³-hybridized carbons (Fsp3) is 0.500. The summed E-state index contributed by atoms with van der Waals surface area (Å²) in [5.41, 5.74) is 1.13. The van der Waals surface area contributed by atoms with Gasteiger partial charge in [0, 0.05) is 6.54 Å². The number of esters is 1. The van der Waals surface area contributed by atoms with E-state index in [0.29, 0.717) is 5.75 Å². The molecule has 1 aromatic rings. The molecule has 0 bridgehead atoms. The van der Waals surface area contributed by atoms with Crippen LogP contribution in [-0.4, -0.2) is 25.2 Å². The van der Waals surface area contributed by atoms with Crippen LogP contribution >= 0.6 is 31.9 Å². The van der Waals surface area contributed by atoms with Crippen molar-refractivity contribution in [3.05, 3.63) is 26.6 Å². The maximum absolute atomic E-state index is 11.5. The molecular weight excluding hydrogens is 390 g/mol. The summed E-state index contributed by atoms with van der Waals surface area (Å²) in [6.07, 6.45) is -0.138. The highest BCUT2D eigenvalue weighted by molar-refractivity contribution is 9.11. The Bertz CT molecular complexity index is 441. The first-order valence-electron chi connectivity index (χ1n) is 6.45. The second-order valence-electron chi connectivity index (χ2n) is 4.50. The van der Waals surface area contributed by atoms with E-state index in [1.165, 1.54) is 0 Å². The van der Waals surface area contributed by atoms with E-state index in [0.717, 1.165) is 27.6 Å².